The maximum atomic E-state index is 12.8. The maximum Gasteiger partial charge on any atom is 0.338 e. The van der Waals surface area contributed by atoms with Gasteiger partial charge in [-0.1, -0.05) is 25.3 Å². The summed E-state index contributed by atoms with van der Waals surface area (Å²) in [5.41, 5.74) is 0.508. The number of nitrogens with one attached hydrogen (secondary N) is 2. The summed E-state index contributed by atoms with van der Waals surface area (Å²) in [7, 11) is 1.43. The number of methoxy groups -OCH3 is 1. The van der Waals surface area contributed by atoms with Crippen molar-refractivity contribution < 1.29 is 33.4 Å². The molecular weight excluding hydrogens is 436 g/mol. The van der Waals surface area contributed by atoms with Crippen molar-refractivity contribution in [1.82, 2.24) is 5.32 Å². The smallest absolute Gasteiger partial charge is 0.338 e. The Balaban J connectivity index is 2.10. The first kappa shape index (κ1) is 25.2. The standard InChI is InChI=1S/C22H26N2O7S/c1-4-8-30-20(26)13-6-7-17(29-3)15(10-13)24-19(25)16-11-14(12-23-16)18(22(28)32)21(27)31-9-5-2/h4-7,10,14,16,18,23H,1-2,8-9,11-12H2,3H3,(H,24,25)(H,28,32)/t14-,16+,18?/m1/s1. The largest absolute Gasteiger partial charge is 0.495 e. The number of benzene rings is 1. The minimum absolute atomic E-state index is 0.0220. The molecule has 1 aromatic carbocycles. The fourth-order valence-electron chi connectivity index (χ4n) is 3.31. The predicted octanol–water partition coefficient (Wildman–Crippen LogP) is 1.76. The Morgan fingerprint density at radius 2 is 1.91 bits per heavy atom. The van der Waals surface area contributed by atoms with E-state index in [9.17, 15) is 19.2 Å². The van der Waals surface area contributed by atoms with Crippen molar-refractivity contribution in [3.8, 4) is 5.75 Å². The molecule has 1 aliphatic heterocycles. The molecule has 1 fully saturated rings. The molecule has 0 saturated carbocycles. The Morgan fingerprint density at radius 1 is 1.22 bits per heavy atom. The molecule has 0 aliphatic carbocycles. The van der Waals surface area contributed by atoms with E-state index in [0.717, 1.165) is 0 Å². The maximum absolute atomic E-state index is 12.8. The van der Waals surface area contributed by atoms with Gasteiger partial charge in [-0.25, -0.2) is 4.79 Å². The third kappa shape index (κ3) is 6.44. The number of carbonyl (C=O) groups excluding carboxylic acids is 4. The van der Waals surface area contributed by atoms with E-state index in [2.05, 4.69) is 36.4 Å². The van der Waals surface area contributed by atoms with E-state index in [1.54, 1.807) is 0 Å². The van der Waals surface area contributed by atoms with Crippen LogP contribution in [-0.4, -0.2) is 55.9 Å². The predicted molar refractivity (Wildman–Crippen MR) is 121 cm³/mol. The summed E-state index contributed by atoms with van der Waals surface area (Å²) in [6.07, 6.45) is 3.06. The molecule has 1 aliphatic rings. The van der Waals surface area contributed by atoms with Gasteiger partial charge in [0.1, 0.15) is 24.9 Å². The van der Waals surface area contributed by atoms with Gasteiger partial charge in [0.2, 0.25) is 5.91 Å². The third-order valence-electron chi connectivity index (χ3n) is 4.84. The number of esters is 2. The molecule has 1 saturated heterocycles. The highest BCUT2D eigenvalue weighted by Gasteiger charge is 2.41. The van der Waals surface area contributed by atoms with Gasteiger partial charge in [-0.2, -0.15) is 0 Å². The third-order valence-corrected chi connectivity index (χ3v) is 5.12. The molecule has 0 bridgehead atoms. The lowest BCUT2D eigenvalue weighted by Gasteiger charge is -2.18. The number of rotatable bonds is 11. The summed E-state index contributed by atoms with van der Waals surface area (Å²) in [5.74, 6) is -2.89. The first-order valence-corrected chi connectivity index (χ1v) is 10.3. The summed E-state index contributed by atoms with van der Waals surface area (Å²) in [5, 5.41) is 5.10. The lowest BCUT2D eigenvalue weighted by molar-refractivity contribution is -0.151. The average Bonchev–Trinajstić information content (AvgIpc) is 3.25. The topological polar surface area (TPSA) is 120 Å². The van der Waals surface area contributed by atoms with Crippen molar-refractivity contribution in [2.75, 3.05) is 32.2 Å². The van der Waals surface area contributed by atoms with Gasteiger partial charge in [0.15, 0.2) is 5.12 Å². The van der Waals surface area contributed by atoms with Crippen LogP contribution in [0.2, 0.25) is 0 Å². The first-order chi connectivity index (χ1) is 15.3. The minimum atomic E-state index is -1.10. The number of hydrogen-bond donors (Lipinski definition) is 3. The van der Waals surface area contributed by atoms with Crippen LogP contribution in [0.5, 0.6) is 5.75 Å². The van der Waals surface area contributed by atoms with Gasteiger partial charge < -0.3 is 24.8 Å². The second-order valence-electron chi connectivity index (χ2n) is 6.98. The SMILES string of the molecule is C=CCOC(=O)c1ccc(OC)c(NC(=O)[C@@H]2C[C@@H](C(C(=O)S)C(=O)OCC=C)CN2)c1. The molecule has 0 spiro atoms. The minimum Gasteiger partial charge on any atom is -0.495 e. The molecular formula is C22H26N2O7S. The Bertz CT molecular complexity index is 902. The molecule has 0 radical (unpaired) electrons. The number of thiol groups is 1. The van der Waals surface area contributed by atoms with Gasteiger partial charge in [0, 0.05) is 6.54 Å². The molecule has 32 heavy (non-hydrogen) atoms. The van der Waals surface area contributed by atoms with Gasteiger partial charge in [0.25, 0.3) is 0 Å². The van der Waals surface area contributed by atoms with Crippen LogP contribution in [0.4, 0.5) is 5.69 Å². The van der Waals surface area contributed by atoms with Crippen molar-refractivity contribution in [2.24, 2.45) is 11.8 Å². The van der Waals surface area contributed by atoms with E-state index in [-0.39, 0.29) is 37.4 Å². The van der Waals surface area contributed by atoms with Crippen LogP contribution in [0.3, 0.4) is 0 Å². The summed E-state index contributed by atoms with van der Waals surface area (Å²) < 4.78 is 15.3. The van der Waals surface area contributed by atoms with Crippen molar-refractivity contribution in [2.45, 2.75) is 12.5 Å². The molecule has 9 nitrogen and oxygen atoms in total. The summed E-state index contributed by atoms with van der Waals surface area (Å²) in [6.45, 7) is 7.24. The number of hydrogen-bond acceptors (Lipinski definition) is 8. The van der Waals surface area contributed by atoms with E-state index < -0.39 is 40.8 Å². The van der Waals surface area contributed by atoms with Gasteiger partial charge >= 0.3 is 11.9 Å². The fourth-order valence-corrected chi connectivity index (χ4v) is 3.63. The molecule has 2 N–H and O–H groups in total. The lowest BCUT2D eigenvalue weighted by atomic mass is 9.90. The van der Waals surface area contributed by atoms with Crippen molar-refractivity contribution in [3.63, 3.8) is 0 Å². The number of anilines is 1. The monoisotopic (exact) mass is 462 g/mol. The molecule has 0 aromatic heterocycles. The lowest BCUT2D eigenvalue weighted by Crippen LogP contribution is -2.35. The molecule has 3 atom stereocenters. The summed E-state index contributed by atoms with van der Waals surface area (Å²) >= 11 is 3.81. The Hall–Kier alpha value is -3.11. The molecule has 172 valence electrons. The van der Waals surface area contributed by atoms with Crippen molar-refractivity contribution in [1.29, 1.82) is 0 Å². The number of carbonyl (C=O) groups is 4. The Labute approximate surface area is 191 Å². The van der Waals surface area contributed by atoms with Crippen LogP contribution in [-0.2, 0) is 23.9 Å². The highest BCUT2D eigenvalue weighted by molar-refractivity contribution is 7.96. The quantitative estimate of drug-likeness (QED) is 0.197. The van der Waals surface area contributed by atoms with E-state index in [0.29, 0.717) is 5.75 Å². The summed E-state index contributed by atoms with van der Waals surface area (Å²) in [4.78, 5) is 49.0. The normalized spacial score (nSPS) is 18.2. The summed E-state index contributed by atoms with van der Waals surface area (Å²) in [6, 6.07) is 3.82. The van der Waals surface area contributed by atoms with E-state index in [1.807, 2.05) is 0 Å². The Kier molecular flexibility index (Phi) is 9.48. The van der Waals surface area contributed by atoms with E-state index in [1.165, 1.54) is 37.5 Å². The highest BCUT2D eigenvalue weighted by atomic mass is 32.1. The van der Waals surface area contributed by atoms with Crippen LogP contribution in [0.25, 0.3) is 0 Å². The van der Waals surface area contributed by atoms with E-state index in [4.69, 9.17) is 14.2 Å². The second kappa shape index (κ2) is 12.1. The van der Waals surface area contributed by atoms with Crippen LogP contribution in [0.1, 0.15) is 16.8 Å². The zero-order chi connectivity index (χ0) is 23.7. The van der Waals surface area contributed by atoms with Gasteiger partial charge in [-0.3, -0.25) is 14.4 Å². The number of ether oxygens (including phenoxy) is 3. The van der Waals surface area contributed by atoms with Crippen molar-refractivity contribution in [3.05, 3.63) is 49.1 Å². The molecule has 1 aromatic rings. The zero-order valence-corrected chi connectivity index (χ0v) is 18.6. The van der Waals surface area contributed by atoms with Crippen LogP contribution in [0.15, 0.2) is 43.5 Å². The van der Waals surface area contributed by atoms with Gasteiger partial charge in [-0.05, 0) is 30.5 Å². The average molecular weight is 463 g/mol. The van der Waals surface area contributed by atoms with Crippen LogP contribution >= 0.6 is 12.6 Å². The van der Waals surface area contributed by atoms with Gasteiger partial charge in [0.05, 0.1) is 24.4 Å². The molecule has 1 amide bonds. The first-order valence-electron chi connectivity index (χ1n) is 9.83. The van der Waals surface area contributed by atoms with Crippen molar-refractivity contribution >= 4 is 41.3 Å². The second-order valence-corrected chi connectivity index (χ2v) is 7.42. The highest BCUT2D eigenvalue weighted by Crippen LogP contribution is 2.29. The number of amides is 1. The molecule has 1 unspecified atom stereocenters. The van der Waals surface area contributed by atoms with Crippen LogP contribution < -0.4 is 15.4 Å². The van der Waals surface area contributed by atoms with Gasteiger partial charge in [-0.15, -0.1) is 12.6 Å². The van der Waals surface area contributed by atoms with E-state index >= 15 is 0 Å². The molecule has 2 rings (SSSR count). The Morgan fingerprint density at radius 3 is 2.53 bits per heavy atom. The van der Waals surface area contributed by atoms with Crippen LogP contribution in [0, 0.1) is 11.8 Å². The molecule has 1 heterocycles. The fraction of sp³-hybridized carbons (Fsp3) is 0.364. The molecule has 10 heteroatoms. The zero-order valence-electron chi connectivity index (χ0n) is 17.7.